The fourth-order valence-corrected chi connectivity index (χ4v) is 1.96. The zero-order valence-corrected chi connectivity index (χ0v) is 11.0. The largest absolute Gasteiger partial charge is 0.462 e. The molecule has 0 aliphatic heterocycles. The number of carbonyl (C=O) groups is 1. The summed E-state index contributed by atoms with van der Waals surface area (Å²) in [5.74, 6) is 0.454. The lowest BCUT2D eigenvalue weighted by Gasteiger charge is -2.20. The molecule has 1 aromatic rings. The minimum atomic E-state index is -0.350. The Morgan fingerprint density at radius 3 is 2.83 bits per heavy atom. The van der Waals surface area contributed by atoms with Crippen LogP contribution in [0.3, 0.4) is 0 Å². The minimum Gasteiger partial charge on any atom is -0.462 e. The molecule has 18 heavy (non-hydrogen) atoms. The lowest BCUT2D eigenvalue weighted by atomic mass is 10.1. The average Bonchev–Trinajstić information content (AvgIpc) is 3.13. The summed E-state index contributed by atoms with van der Waals surface area (Å²) in [6.07, 6.45) is 2.62. The molecular formula is C14H20N2O2. The van der Waals surface area contributed by atoms with Gasteiger partial charge in [-0.1, -0.05) is 0 Å². The van der Waals surface area contributed by atoms with Crippen LogP contribution < -0.4 is 10.6 Å². The van der Waals surface area contributed by atoms with Crippen LogP contribution in [-0.2, 0) is 4.74 Å². The molecule has 0 bridgehead atoms. The van der Waals surface area contributed by atoms with Crippen molar-refractivity contribution >= 4 is 17.3 Å². The predicted molar refractivity (Wildman–Crippen MR) is 72.8 cm³/mol. The van der Waals surface area contributed by atoms with Gasteiger partial charge in [0, 0.05) is 25.0 Å². The first kappa shape index (κ1) is 12.7. The van der Waals surface area contributed by atoms with Gasteiger partial charge in [0.2, 0.25) is 0 Å². The number of anilines is 2. The normalized spacial score (nSPS) is 14.3. The quantitative estimate of drug-likeness (QED) is 0.641. The summed E-state index contributed by atoms with van der Waals surface area (Å²) in [6.45, 7) is 3.18. The Bertz CT molecular complexity index is 441. The van der Waals surface area contributed by atoms with E-state index in [1.807, 2.05) is 19.2 Å². The summed E-state index contributed by atoms with van der Waals surface area (Å²) in [6, 6.07) is 5.53. The van der Waals surface area contributed by atoms with Gasteiger partial charge in [-0.15, -0.1) is 0 Å². The van der Waals surface area contributed by atoms with Crippen molar-refractivity contribution in [3.8, 4) is 0 Å². The molecule has 0 heterocycles. The van der Waals surface area contributed by atoms with Crippen LogP contribution in [0.4, 0.5) is 11.4 Å². The summed E-state index contributed by atoms with van der Waals surface area (Å²) < 4.78 is 5.00. The first-order chi connectivity index (χ1) is 8.61. The highest BCUT2D eigenvalue weighted by Crippen LogP contribution is 2.31. The Morgan fingerprint density at radius 1 is 1.50 bits per heavy atom. The summed E-state index contributed by atoms with van der Waals surface area (Å²) >= 11 is 0. The van der Waals surface area contributed by atoms with E-state index < -0.39 is 0 Å². The van der Waals surface area contributed by atoms with E-state index in [0.29, 0.717) is 17.9 Å². The molecule has 0 aromatic heterocycles. The lowest BCUT2D eigenvalue weighted by molar-refractivity contribution is 0.0527. The van der Waals surface area contributed by atoms with Gasteiger partial charge in [-0.2, -0.15) is 0 Å². The van der Waals surface area contributed by atoms with Crippen molar-refractivity contribution in [1.29, 1.82) is 0 Å². The first-order valence-electron chi connectivity index (χ1n) is 6.39. The van der Waals surface area contributed by atoms with Crippen molar-refractivity contribution in [2.75, 3.05) is 30.8 Å². The van der Waals surface area contributed by atoms with Crippen LogP contribution in [0.5, 0.6) is 0 Å². The van der Waals surface area contributed by atoms with Crippen molar-refractivity contribution in [2.24, 2.45) is 5.92 Å². The minimum absolute atomic E-state index is 0.350. The zero-order valence-electron chi connectivity index (χ0n) is 11.0. The maximum atomic E-state index is 11.8. The molecule has 1 aromatic carbocycles. The Morgan fingerprint density at radius 2 is 2.22 bits per heavy atom. The molecule has 1 aliphatic rings. The van der Waals surface area contributed by atoms with Crippen LogP contribution in [0.25, 0.3) is 0 Å². The van der Waals surface area contributed by atoms with Crippen molar-refractivity contribution in [2.45, 2.75) is 19.8 Å². The molecule has 2 rings (SSSR count). The molecule has 1 saturated carbocycles. The molecule has 0 amide bonds. The molecular weight excluding hydrogens is 228 g/mol. The maximum Gasteiger partial charge on any atom is 0.340 e. The van der Waals surface area contributed by atoms with Crippen LogP contribution in [0, 0.1) is 5.92 Å². The van der Waals surface area contributed by atoms with E-state index in [9.17, 15) is 4.79 Å². The second kappa shape index (κ2) is 5.29. The Hall–Kier alpha value is -1.71. The molecule has 0 spiro atoms. The summed E-state index contributed by atoms with van der Waals surface area (Å²) in [5, 5.41) is 0. The van der Waals surface area contributed by atoms with Gasteiger partial charge in [0.1, 0.15) is 0 Å². The molecule has 2 N–H and O–H groups in total. The summed E-state index contributed by atoms with van der Waals surface area (Å²) in [4.78, 5) is 13.9. The van der Waals surface area contributed by atoms with Crippen LogP contribution in [0.15, 0.2) is 18.2 Å². The van der Waals surface area contributed by atoms with E-state index in [2.05, 4.69) is 4.90 Å². The van der Waals surface area contributed by atoms with Gasteiger partial charge in [0.05, 0.1) is 12.2 Å². The predicted octanol–water partition coefficient (Wildman–Crippen LogP) is 2.29. The molecule has 0 atom stereocenters. The number of ether oxygens (including phenoxy) is 1. The second-order valence-corrected chi connectivity index (χ2v) is 4.82. The SMILES string of the molecule is CCOC(=O)c1cc(N(C)CC2CC2)ccc1N. The number of nitrogen functional groups attached to an aromatic ring is 1. The van der Waals surface area contributed by atoms with Gasteiger partial charge >= 0.3 is 5.97 Å². The average molecular weight is 248 g/mol. The van der Waals surface area contributed by atoms with Gasteiger partial charge in [-0.3, -0.25) is 0 Å². The zero-order chi connectivity index (χ0) is 13.1. The topological polar surface area (TPSA) is 55.6 Å². The van der Waals surface area contributed by atoms with E-state index in [0.717, 1.165) is 18.2 Å². The van der Waals surface area contributed by atoms with Gasteiger partial charge in [0.15, 0.2) is 0 Å². The second-order valence-electron chi connectivity index (χ2n) is 4.82. The third-order valence-electron chi connectivity index (χ3n) is 3.20. The summed E-state index contributed by atoms with van der Waals surface area (Å²) in [5.41, 5.74) is 7.75. The van der Waals surface area contributed by atoms with Crippen molar-refractivity contribution in [1.82, 2.24) is 0 Å². The standard InChI is InChI=1S/C14H20N2O2/c1-3-18-14(17)12-8-11(6-7-13(12)15)16(2)9-10-4-5-10/h6-8,10H,3-5,9,15H2,1-2H3. The first-order valence-corrected chi connectivity index (χ1v) is 6.39. The van der Waals surface area contributed by atoms with Crippen molar-refractivity contribution < 1.29 is 9.53 Å². The van der Waals surface area contributed by atoms with Gasteiger partial charge in [-0.25, -0.2) is 4.79 Å². The third kappa shape index (κ3) is 2.94. The number of benzene rings is 1. The molecule has 1 aliphatic carbocycles. The number of esters is 1. The van der Waals surface area contributed by atoms with Gasteiger partial charge in [-0.05, 0) is 43.9 Å². The van der Waals surface area contributed by atoms with E-state index in [-0.39, 0.29) is 5.97 Å². The number of nitrogens with two attached hydrogens (primary N) is 1. The van der Waals surface area contributed by atoms with Crippen LogP contribution in [0.1, 0.15) is 30.1 Å². The van der Waals surface area contributed by atoms with E-state index >= 15 is 0 Å². The molecule has 4 heteroatoms. The van der Waals surface area contributed by atoms with E-state index in [1.54, 1.807) is 13.0 Å². The number of rotatable bonds is 5. The highest BCUT2D eigenvalue weighted by molar-refractivity contribution is 5.96. The molecule has 0 radical (unpaired) electrons. The Balaban J connectivity index is 2.16. The smallest absolute Gasteiger partial charge is 0.340 e. The van der Waals surface area contributed by atoms with Crippen LogP contribution in [-0.4, -0.2) is 26.2 Å². The Labute approximate surface area is 108 Å². The van der Waals surface area contributed by atoms with Crippen molar-refractivity contribution in [3.05, 3.63) is 23.8 Å². The highest BCUT2D eigenvalue weighted by atomic mass is 16.5. The molecule has 4 nitrogen and oxygen atoms in total. The van der Waals surface area contributed by atoms with Gasteiger partial charge < -0.3 is 15.4 Å². The fourth-order valence-electron chi connectivity index (χ4n) is 1.96. The third-order valence-corrected chi connectivity index (χ3v) is 3.20. The number of nitrogens with zero attached hydrogens (tertiary/aromatic N) is 1. The van der Waals surface area contributed by atoms with Crippen LogP contribution >= 0.6 is 0 Å². The summed E-state index contributed by atoms with van der Waals surface area (Å²) in [7, 11) is 2.04. The maximum absolute atomic E-state index is 11.8. The lowest BCUT2D eigenvalue weighted by Crippen LogP contribution is -2.20. The van der Waals surface area contributed by atoms with E-state index in [4.69, 9.17) is 10.5 Å². The fraction of sp³-hybridized carbons (Fsp3) is 0.500. The number of hydrogen-bond acceptors (Lipinski definition) is 4. The van der Waals surface area contributed by atoms with E-state index in [1.165, 1.54) is 12.8 Å². The van der Waals surface area contributed by atoms with Gasteiger partial charge in [0.25, 0.3) is 0 Å². The number of hydrogen-bond donors (Lipinski definition) is 1. The monoisotopic (exact) mass is 248 g/mol. The highest BCUT2D eigenvalue weighted by Gasteiger charge is 2.23. The Kier molecular flexibility index (Phi) is 3.75. The molecule has 98 valence electrons. The molecule has 0 saturated heterocycles. The van der Waals surface area contributed by atoms with Crippen LogP contribution in [0.2, 0.25) is 0 Å². The molecule has 0 unspecified atom stereocenters. The van der Waals surface area contributed by atoms with Crippen molar-refractivity contribution in [3.63, 3.8) is 0 Å². The molecule has 1 fully saturated rings. The number of carbonyl (C=O) groups excluding carboxylic acids is 1.